The van der Waals surface area contributed by atoms with Gasteiger partial charge in [-0.05, 0) is 50.5 Å². The molecule has 2 aromatic rings. The first-order valence-corrected chi connectivity index (χ1v) is 11.7. The predicted octanol–water partition coefficient (Wildman–Crippen LogP) is 1.27. The molecule has 1 saturated carbocycles. The van der Waals surface area contributed by atoms with Crippen molar-refractivity contribution in [1.29, 1.82) is 0 Å². The van der Waals surface area contributed by atoms with Crippen LogP contribution in [0.3, 0.4) is 0 Å². The Hall–Kier alpha value is -3.63. The second kappa shape index (κ2) is 9.55. The van der Waals surface area contributed by atoms with Crippen molar-refractivity contribution in [2.45, 2.75) is 50.7 Å². The first kappa shape index (κ1) is 24.5. The lowest BCUT2D eigenvalue weighted by atomic mass is 9.83. The third kappa shape index (κ3) is 4.94. The predicted molar refractivity (Wildman–Crippen MR) is 131 cm³/mol. The van der Waals surface area contributed by atoms with Crippen molar-refractivity contribution < 1.29 is 14.4 Å². The monoisotopic (exact) mass is 497 g/mol. The van der Waals surface area contributed by atoms with Crippen LogP contribution in [0.1, 0.15) is 37.8 Å². The van der Waals surface area contributed by atoms with Crippen molar-refractivity contribution in [3.8, 4) is 0 Å². The SMILES string of the molecule is CC(C)N1NC(C(N)=O)(c2cncc(NC(=O)Cc3ccc(Cl)cc3)c2)C(C(N)=O)=C1NC1CC1. The zero-order valence-electron chi connectivity index (χ0n) is 19.5. The average molecular weight is 498 g/mol. The molecule has 0 spiro atoms. The second-order valence-electron chi connectivity index (χ2n) is 9.01. The number of halogens is 1. The molecule has 0 bridgehead atoms. The third-order valence-electron chi connectivity index (χ3n) is 5.92. The van der Waals surface area contributed by atoms with Crippen LogP contribution in [0.25, 0.3) is 0 Å². The average Bonchev–Trinajstić information content (AvgIpc) is 3.53. The van der Waals surface area contributed by atoms with Gasteiger partial charge in [0.05, 0.1) is 23.9 Å². The van der Waals surface area contributed by atoms with Crippen LogP contribution in [0.5, 0.6) is 0 Å². The Bertz CT molecular complexity index is 1190. The van der Waals surface area contributed by atoms with Crippen molar-refractivity contribution in [3.05, 3.63) is 70.3 Å². The van der Waals surface area contributed by atoms with E-state index in [0.29, 0.717) is 16.5 Å². The number of hydrazine groups is 1. The van der Waals surface area contributed by atoms with Crippen LogP contribution in [-0.2, 0) is 26.3 Å². The van der Waals surface area contributed by atoms with Crippen molar-refractivity contribution in [3.63, 3.8) is 0 Å². The molecule has 2 aliphatic rings. The third-order valence-corrected chi connectivity index (χ3v) is 6.18. The van der Waals surface area contributed by atoms with E-state index in [1.165, 1.54) is 12.4 Å². The number of primary amides is 2. The summed E-state index contributed by atoms with van der Waals surface area (Å²) in [5, 5.41) is 8.36. The molecule has 4 rings (SSSR count). The van der Waals surface area contributed by atoms with Gasteiger partial charge in [0.15, 0.2) is 5.54 Å². The minimum atomic E-state index is -1.77. The number of rotatable bonds is 9. The Morgan fingerprint density at radius 1 is 1.20 bits per heavy atom. The fraction of sp³-hybridized carbons (Fsp3) is 0.333. The van der Waals surface area contributed by atoms with E-state index >= 15 is 0 Å². The smallest absolute Gasteiger partial charge is 0.251 e. The second-order valence-corrected chi connectivity index (χ2v) is 9.45. The summed E-state index contributed by atoms with van der Waals surface area (Å²) >= 11 is 5.90. The highest BCUT2D eigenvalue weighted by Crippen LogP contribution is 2.39. The topological polar surface area (TPSA) is 155 Å². The van der Waals surface area contributed by atoms with E-state index in [2.05, 4.69) is 21.0 Å². The van der Waals surface area contributed by atoms with Gasteiger partial charge < -0.3 is 22.1 Å². The van der Waals surface area contributed by atoms with E-state index in [0.717, 1.165) is 18.4 Å². The molecule has 0 saturated heterocycles. The number of pyridine rings is 1. The largest absolute Gasteiger partial charge is 0.367 e. The lowest BCUT2D eigenvalue weighted by Crippen LogP contribution is -2.57. The maximum absolute atomic E-state index is 13.0. The minimum Gasteiger partial charge on any atom is -0.367 e. The number of hydrogen-bond acceptors (Lipinski definition) is 7. The zero-order chi connectivity index (χ0) is 25.3. The molecule has 10 nitrogen and oxygen atoms in total. The molecule has 35 heavy (non-hydrogen) atoms. The van der Waals surface area contributed by atoms with Gasteiger partial charge in [0, 0.05) is 28.9 Å². The van der Waals surface area contributed by atoms with Crippen LogP contribution >= 0.6 is 11.6 Å². The van der Waals surface area contributed by atoms with Gasteiger partial charge in [0.1, 0.15) is 5.82 Å². The summed E-state index contributed by atoms with van der Waals surface area (Å²) < 4.78 is 0. The van der Waals surface area contributed by atoms with E-state index in [4.69, 9.17) is 23.1 Å². The first-order valence-electron chi connectivity index (χ1n) is 11.3. The Labute approximate surface area is 208 Å². The summed E-state index contributed by atoms with van der Waals surface area (Å²) in [5.41, 5.74) is 14.5. The lowest BCUT2D eigenvalue weighted by molar-refractivity contribution is -0.126. The molecule has 1 aliphatic carbocycles. The van der Waals surface area contributed by atoms with Crippen LogP contribution in [0.15, 0.2) is 54.1 Å². The molecule has 2 heterocycles. The number of anilines is 1. The summed E-state index contributed by atoms with van der Waals surface area (Å²) in [6.07, 6.45) is 4.88. The van der Waals surface area contributed by atoms with Gasteiger partial charge in [-0.25, -0.2) is 5.43 Å². The number of amides is 3. The van der Waals surface area contributed by atoms with Gasteiger partial charge >= 0.3 is 0 Å². The normalized spacial score (nSPS) is 19.7. The molecule has 1 atom stereocenters. The molecular formula is C24H28ClN7O3. The summed E-state index contributed by atoms with van der Waals surface area (Å²) in [6, 6.07) is 8.55. The quantitative estimate of drug-likeness (QED) is 0.349. The molecular weight excluding hydrogens is 470 g/mol. The maximum atomic E-state index is 13.0. The molecule has 11 heteroatoms. The maximum Gasteiger partial charge on any atom is 0.251 e. The van der Waals surface area contributed by atoms with Crippen molar-refractivity contribution in [2.75, 3.05) is 5.32 Å². The fourth-order valence-electron chi connectivity index (χ4n) is 4.08. The molecule has 1 aromatic carbocycles. The highest BCUT2D eigenvalue weighted by Gasteiger charge is 2.54. The number of carbonyl (C=O) groups excluding carboxylic acids is 3. The number of nitrogens with zero attached hydrogens (tertiary/aromatic N) is 2. The number of benzene rings is 1. The number of carbonyl (C=O) groups is 3. The highest BCUT2D eigenvalue weighted by molar-refractivity contribution is 6.30. The molecule has 0 radical (unpaired) electrons. The molecule has 1 aliphatic heterocycles. The van der Waals surface area contributed by atoms with Crippen LogP contribution in [0.2, 0.25) is 5.02 Å². The van der Waals surface area contributed by atoms with Crippen molar-refractivity contribution in [2.24, 2.45) is 11.5 Å². The first-order chi connectivity index (χ1) is 16.6. The molecule has 1 aromatic heterocycles. The molecule has 3 amide bonds. The Morgan fingerprint density at radius 2 is 1.89 bits per heavy atom. The number of nitrogens with two attached hydrogens (primary N) is 2. The fourth-order valence-corrected chi connectivity index (χ4v) is 4.20. The van der Waals surface area contributed by atoms with E-state index in [1.54, 1.807) is 35.3 Å². The summed E-state index contributed by atoms with van der Waals surface area (Å²) in [4.78, 5) is 42.5. The van der Waals surface area contributed by atoms with Gasteiger partial charge in [-0.2, -0.15) is 0 Å². The molecule has 184 valence electrons. The molecule has 1 unspecified atom stereocenters. The van der Waals surface area contributed by atoms with E-state index in [1.807, 2.05) is 13.8 Å². The van der Waals surface area contributed by atoms with E-state index < -0.39 is 17.4 Å². The van der Waals surface area contributed by atoms with Crippen LogP contribution in [0.4, 0.5) is 5.69 Å². The Balaban J connectivity index is 1.69. The van der Waals surface area contributed by atoms with Crippen LogP contribution in [-0.4, -0.2) is 39.8 Å². The van der Waals surface area contributed by atoms with Crippen LogP contribution < -0.4 is 27.5 Å². The summed E-state index contributed by atoms with van der Waals surface area (Å²) in [7, 11) is 0. The van der Waals surface area contributed by atoms with Crippen molar-refractivity contribution in [1.82, 2.24) is 20.7 Å². The van der Waals surface area contributed by atoms with Gasteiger partial charge in [-0.15, -0.1) is 0 Å². The molecule has 7 N–H and O–H groups in total. The summed E-state index contributed by atoms with van der Waals surface area (Å²) in [6.45, 7) is 3.81. The van der Waals surface area contributed by atoms with Gasteiger partial charge in [-0.3, -0.25) is 24.4 Å². The summed E-state index contributed by atoms with van der Waals surface area (Å²) in [5.74, 6) is -1.48. The lowest BCUT2D eigenvalue weighted by Gasteiger charge is -2.32. The minimum absolute atomic E-state index is 0.0111. The zero-order valence-corrected chi connectivity index (χ0v) is 20.2. The van der Waals surface area contributed by atoms with Gasteiger partial charge in [0.2, 0.25) is 11.8 Å². The standard InChI is InChI=1S/C24H28ClN7O3/c1-13(2)32-22(30-17-7-8-17)20(21(26)34)24(31-32,23(27)35)15-10-18(12-28-11-15)29-19(33)9-14-3-5-16(25)6-4-14/h3-6,10-13,17,30-31H,7-9H2,1-2H3,(H2,26,34)(H2,27,35)(H,29,33). The van der Waals surface area contributed by atoms with E-state index in [9.17, 15) is 14.4 Å². The van der Waals surface area contributed by atoms with Gasteiger partial charge in [-0.1, -0.05) is 23.7 Å². The molecule has 1 fully saturated rings. The van der Waals surface area contributed by atoms with Gasteiger partial charge in [0.25, 0.3) is 5.91 Å². The van der Waals surface area contributed by atoms with E-state index in [-0.39, 0.29) is 35.5 Å². The van der Waals surface area contributed by atoms with Crippen LogP contribution in [0, 0.1) is 0 Å². The number of aromatic nitrogens is 1. The Kier molecular flexibility index (Phi) is 6.68. The van der Waals surface area contributed by atoms with Crippen molar-refractivity contribution >= 4 is 35.0 Å². The Morgan fingerprint density at radius 3 is 2.46 bits per heavy atom. The number of nitrogens with one attached hydrogen (secondary N) is 3. The highest BCUT2D eigenvalue weighted by atomic mass is 35.5. The number of hydrogen-bond donors (Lipinski definition) is 5.